The van der Waals surface area contributed by atoms with Gasteiger partial charge in [0.15, 0.2) is 6.61 Å². The molecule has 0 saturated heterocycles. The van der Waals surface area contributed by atoms with E-state index in [0.717, 1.165) is 22.2 Å². The molecular weight excluding hydrogens is 380 g/mol. The number of para-hydroxylation sites is 1. The quantitative estimate of drug-likeness (QED) is 0.589. The molecule has 0 aliphatic carbocycles. The van der Waals surface area contributed by atoms with Crippen molar-refractivity contribution in [1.82, 2.24) is 4.98 Å². The minimum atomic E-state index is -0.598. The van der Waals surface area contributed by atoms with Gasteiger partial charge in [0.25, 0.3) is 5.91 Å². The Hall–Kier alpha value is -3.13. The fourth-order valence-corrected chi connectivity index (χ4v) is 3.68. The number of aromatic nitrogens is 1. The van der Waals surface area contributed by atoms with Crippen molar-refractivity contribution in [3.05, 3.63) is 52.5 Å². The predicted octanol–water partition coefficient (Wildman–Crippen LogP) is 3.76. The van der Waals surface area contributed by atoms with Crippen molar-refractivity contribution in [2.45, 2.75) is 20.3 Å². The molecule has 0 saturated carbocycles. The van der Waals surface area contributed by atoms with Crippen LogP contribution in [0.4, 0.5) is 5.00 Å². The molecule has 2 N–H and O–H groups in total. The highest BCUT2D eigenvalue weighted by Gasteiger charge is 2.20. The SMILES string of the molecule is CCOC(=O)c1cc(CC)sc1NC(=O)COC(=O)c1c[nH]c2ccccc12. The first kappa shape index (κ1) is 19.6. The number of benzene rings is 1. The third-order valence-electron chi connectivity index (χ3n) is 4.02. The molecule has 0 radical (unpaired) electrons. The molecule has 3 aromatic rings. The lowest BCUT2D eigenvalue weighted by molar-refractivity contribution is -0.119. The highest BCUT2D eigenvalue weighted by atomic mass is 32.1. The van der Waals surface area contributed by atoms with Crippen LogP contribution in [0.15, 0.2) is 36.5 Å². The first-order valence-electron chi connectivity index (χ1n) is 8.86. The molecule has 0 aliphatic heterocycles. The Labute approximate surface area is 165 Å². The summed E-state index contributed by atoms with van der Waals surface area (Å²) in [5.74, 6) is -1.62. The third-order valence-corrected chi connectivity index (χ3v) is 5.22. The van der Waals surface area contributed by atoms with Crippen molar-refractivity contribution in [1.29, 1.82) is 0 Å². The number of aromatic amines is 1. The molecule has 0 aliphatic rings. The van der Waals surface area contributed by atoms with Crippen LogP contribution in [0.5, 0.6) is 0 Å². The number of thiophene rings is 1. The average Bonchev–Trinajstić information content (AvgIpc) is 3.30. The molecule has 28 heavy (non-hydrogen) atoms. The highest BCUT2D eigenvalue weighted by molar-refractivity contribution is 7.16. The lowest BCUT2D eigenvalue weighted by Gasteiger charge is -2.07. The van der Waals surface area contributed by atoms with E-state index >= 15 is 0 Å². The van der Waals surface area contributed by atoms with E-state index in [4.69, 9.17) is 9.47 Å². The second-order valence-corrected chi connectivity index (χ2v) is 7.04. The summed E-state index contributed by atoms with van der Waals surface area (Å²) in [6, 6.07) is 9.02. The summed E-state index contributed by atoms with van der Waals surface area (Å²) in [7, 11) is 0. The summed E-state index contributed by atoms with van der Waals surface area (Å²) in [4.78, 5) is 40.5. The molecule has 0 fully saturated rings. The number of rotatable bonds is 7. The second-order valence-electron chi connectivity index (χ2n) is 5.90. The second kappa shape index (κ2) is 8.71. The van der Waals surface area contributed by atoms with E-state index in [9.17, 15) is 14.4 Å². The monoisotopic (exact) mass is 400 g/mol. The molecule has 0 spiro atoms. The number of hydrogen-bond donors (Lipinski definition) is 2. The van der Waals surface area contributed by atoms with Crippen molar-refractivity contribution in [2.24, 2.45) is 0 Å². The van der Waals surface area contributed by atoms with Gasteiger partial charge in [0.1, 0.15) is 5.00 Å². The van der Waals surface area contributed by atoms with Gasteiger partial charge in [0.05, 0.1) is 17.7 Å². The zero-order valence-electron chi connectivity index (χ0n) is 15.5. The van der Waals surface area contributed by atoms with Crippen LogP contribution < -0.4 is 5.32 Å². The van der Waals surface area contributed by atoms with Crippen LogP contribution >= 0.6 is 11.3 Å². The van der Waals surface area contributed by atoms with E-state index in [1.165, 1.54) is 11.3 Å². The van der Waals surface area contributed by atoms with Crippen LogP contribution in [-0.2, 0) is 20.7 Å². The van der Waals surface area contributed by atoms with E-state index < -0.39 is 24.5 Å². The standard InChI is InChI=1S/C20H20N2O5S/c1-3-12-9-14(19(24)26-4-2)18(28-12)22-17(23)11-27-20(25)15-10-21-16-8-6-5-7-13(15)16/h5-10,21H,3-4,11H2,1-2H3,(H,22,23). The van der Waals surface area contributed by atoms with Gasteiger partial charge in [-0.25, -0.2) is 9.59 Å². The number of hydrogen-bond acceptors (Lipinski definition) is 6. The van der Waals surface area contributed by atoms with Crippen molar-refractivity contribution >= 4 is 45.1 Å². The topological polar surface area (TPSA) is 97.5 Å². The Kier molecular flexibility index (Phi) is 6.10. The molecule has 0 atom stereocenters. The normalized spacial score (nSPS) is 10.6. The van der Waals surface area contributed by atoms with Crippen molar-refractivity contribution < 1.29 is 23.9 Å². The number of nitrogens with one attached hydrogen (secondary N) is 2. The maximum atomic E-state index is 12.3. The van der Waals surface area contributed by atoms with E-state index in [1.54, 1.807) is 25.3 Å². The number of anilines is 1. The van der Waals surface area contributed by atoms with Crippen LogP contribution in [-0.4, -0.2) is 36.0 Å². The number of fused-ring (bicyclic) bond motifs is 1. The van der Waals surface area contributed by atoms with Gasteiger partial charge in [0, 0.05) is 22.0 Å². The van der Waals surface area contributed by atoms with Crippen molar-refractivity contribution in [2.75, 3.05) is 18.5 Å². The lowest BCUT2D eigenvalue weighted by atomic mass is 10.2. The van der Waals surface area contributed by atoms with Crippen LogP contribution in [0.25, 0.3) is 10.9 Å². The van der Waals surface area contributed by atoms with Gasteiger partial charge in [-0.1, -0.05) is 25.1 Å². The Morgan fingerprint density at radius 2 is 1.82 bits per heavy atom. The lowest BCUT2D eigenvalue weighted by Crippen LogP contribution is -2.21. The van der Waals surface area contributed by atoms with E-state index in [1.807, 2.05) is 25.1 Å². The molecule has 0 bridgehead atoms. The number of H-pyrrole nitrogens is 1. The molecule has 3 rings (SSSR count). The fourth-order valence-electron chi connectivity index (χ4n) is 2.68. The number of amides is 1. The van der Waals surface area contributed by atoms with Gasteiger partial charge in [-0.15, -0.1) is 11.3 Å². The first-order valence-corrected chi connectivity index (χ1v) is 9.68. The molecule has 1 aromatic carbocycles. The zero-order chi connectivity index (χ0) is 20.1. The first-order chi connectivity index (χ1) is 13.5. The van der Waals surface area contributed by atoms with Gasteiger partial charge in [-0.05, 0) is 25.5 Å². The van der Waals surface area contributed by atoms with Crippen LogP contribution in [0, 0.1) is 0 Å². The summed E-state index contributed by atoms with van der Waals surface area (Å²) >= 11 is 1.30. The predicted molar refractivity (Wildman–Crippen MR) is 107 cm³/mol. The number of carbonyl (C=O) groups excluding carboxylic acids is 3. The van der Waals surface area contributed by atoms with Crippen LogP contribution in [0.3, 0.4) is 0 Å². The van der Waals surface area contributed by atoms with Gasteiger partial charge >= 0.3 is 11.9 Å². The van der Waals surface area contributed by atoms with Gasteiger partial charge < -0.3 is 19.8 Å². The highest BCUT2D eigenvalue weighted by Crippen LogP contribution is 2.29. The average molecular weight is 400 g/mol. The maximum absolute atomic E-state index is 12.3. The Bertz CT molecular complexity index is 1020. The zero-order valence-corrected chi connectivity index (χ0v) is 16.4. The van der Waals surface area contributed by atoms with Crippen LogP contribution in [0.1, 0.15) is 39.4 Å². The number of ether oxygens (including phenoxy) is 2. The smallest absolute Gasteiger partial charge is 0.341 e. The molecule has 2 aromatic heterocycles. The van der Waals surface area contributed by atoms with Crippen LogP contribution in [0.2, 0.25) is 0 Å². The fraction of sp³-hybridized carbons (Fsp3) is 0.250. The van der Waals surface area contributed by atoms with Crippen molar-refractivity contribution in [3.63, 3.8) is 0 Å². The maximum Gasteiger partial charge on any atom is 0.341 e. The molecule has 146 valence electrons. The van der Waals surface area contributed by atoms with Gasteiger partial charge in [-0.2, -0.15) is 0 Å². The molecule has 7 nitrogen and oxygen atoms in total. The summed E-state index contributed by atoms with van der Waals surface area (Å²) in [5.41, 5.74) is 1.48. The minimum absolute atomic E-state index is 0.242. The van der Waals surface area contributed by atoms with E-state index in [2.05, 4.69) is 10.3 Å². The molecule has 1 amide bonds. The van der Waals surface area contributed by atoms with E-state index in [0.29, 0.717) is 16.1 Å². The Balaban J connectivity index is 1.65. The summed E-state index contributed by atoms with van der Waals surface area (Å²) in [6.45, 7) is 3.45. The summed E-state index contributed by atoms with van der Waals surface area (Å²) < 4.78 is 10.2. The third kappa shape index (κ3) is 4.23. The Morgan fingerprint density at radius 3 is 2.57 bits per heavy atom. The molecule has 2 heterocycles. The molecular formula is C20H20N2O5S. The van der Waals surface area contributed by atoms with Gasteiger partial charge in [0.2, 0.25) is 0 Å². The number of esters is 2. The summed E-state index contributed by atoms with van der Waals surface area (Å²) in [6.07, 6.45) is 2.28. The number of aryl methyl sites for hydroxylation is 1. The van der Waals surface area contributed by atoms with Gasteiger partial charge in [-0.3, -0.25) is 4.79 Å². The Morgan fingerprint density at radius 1 is 1.07 bits per heavy atom. The summed E-state index contributed by atoms with van der Waals surface area (Å²) in [5, 5.41) is 3.75. The molecule has 8 heteroatoms. The number of carbonyl (C=O) groups is 3. The van der Waals surface area contributed by atoms with Crippen molar-refractivity contribution in [3.8, 4) is 0 Å². The largest absolute Gasteiger partial charge is 0.462 e. The molecule has 0 unspecified atom stereocenters. The minimum Gasteiger partial charge on any atom is -0.462 e. The van der Waals surface area contributed by atoms with E-state index in [-0.39, 0.29) is 6.61 Å².